The number of benzene rings is 1. The molecular formula is C17H27ClN2O. The third kappa shape index (κ3) is 4.96. The topological polar surface area (TPSA) is 24.5 Å². The van der Waals surface area contributed by atoms with E-state index in [4.69, 9.17) is 16.3 Å². The van der Waals surface area contributed by atoms with Gasteiger partial charge in [0.2, 0.25) is 0 Å². The Hall–Kier alpha value is -0.610. The van der Waals surface area contributed by atoms with Crippen molar-refractivity contribution in [1.82, 2.24) is 10.2 Å². The molecule has 1 aliphatic heterocycles. The second-order valence-corrected chi connectivity index (χ2v) is 6.15. The molecule has 1 unspecified atom stereocenters. The van der Waals surface area contributed by atoms with Gasteiger partial charge in [0.1, 0.15) is 0 Å². The van der Waals surface area contributed by atoms with E-state index in [-0.39, 0.29) is 0 Å². The minimum atomic E-state index is 0.325. The summed E-state index contributed by atoms with van der Waals surface area (Å²) >= 11 is 6.35. The van der Waals surface area contributed by atoms with E-state index in [2.05, 4.69) is 36.3 Å². The van der Waals surface area contributed by atoms with Crippen molar-refractivity contribution in [2.24, 2.45) is 0 Å². The number of hydrogen-bond acceptors (Lipinski definition) is 3. The van der Waals surface area contributed by atoms with Crippen molar-refractivity contribution in [3.05, 3.63) is 34.9 Å². The molecule has 1 N–H and O–H groups in total. The molecule has 1 aliphatic rings. The molecule has 0 aromatic heterocycles. The van der Waals surface area contributed by atoms with Gasteiger partial charge in [-0.25, -0.2) is 0 Å². The van der Waals surface area contributed by atoms with Crippen molar-refractivity contribution >= 4 is 11.6 Å². The lowest BCUT2D eigenvalue weighted by Gasteiger charge is -2.32. The van der Waals surface area contributed by atoms with Crippen LogP contribution in [0.15, 0.2) is 24.3 Å². The van der Waals surface area contributed by atoms with Crippen LogP contribution in [-0.2, 0) is 4.74 Å². The molecule has 0 aliphatic carbocycles. The number of ether oxygens (including phenoxy) is 1. The zero-order chi connectivity index (χ0) is 15.1. The summed E-state index contributed by atoms with van der Waals surface area (Å²) in [5.74, 6) is 0. The van der Waals surface area contributed by atoms with E-state index in [0.29, 0.717) is 12.1 Å². The summed E-state index contributed by atoms with van der Waals surface area (Å²) in [5, 5.41) is 4.42. The van der Waals surface area contributed by atoms with Crippen molar-refractivity contribution < 1.29 is 4.74 Å². The van der Waals surface area contributed by atoms with Crippen molar-refractivity contribution in [1.29, 1.82) is 0 Å². The van der Waals surface area contributed by atoms with Gasteiger partial charge >= 0.3 is 0 Å². The van der Waals surface area contributed by atoms with Crippen molar-refractivity contribution in [2.45, 2.75) is 38.3 Å². The lowest BCUT2D eigenvalue weighted by Crippen LogP contribution is -2.38. The van der Waals surface area contributed by atoms with E-state index >= 15 is 0 Å². The third-order valence-electron chi connectivity index (χ3n) is 4.32. The first-order chi connectivity index (χ1) is 10.2. The highest BCUT2D eigenvalue weighted by Gasteiger charge is 2.20. The van der Waals surface area contributed by atoms with Gasteiger partial charge in [-0.1, -0.05) is 36.7 Å². The fraction of sp³-hybridized carbons (Fsp3) is 0.647. The summed E-state index contributed by atoms with van der Waals surface area (Å²) in [7, 11) is 2.23. The Morgan fingerprint density at radius 3 is 2.71 bits per heavy atom. The summed E-state index contributed by atoms with van der Waals surface area (Å²) in [6, 6.07) is 9.14. The standard InChI is InChI=1S/C17H27ClN2O/c1-3-19-17(15-6-4-5-7-16(15)18)8-11-20(2)14-9-12-21-13-10-14/h4-7,14,17,19H,3,8-13H2,1-2H3. The molecule has 1 fully saturated rings. The van der Waals surface area contributed by atoms with Crippen LogP contribution in [0.2, 0.25) is 5.02 Å². The van der Waals surface area contributed by atoms with Crippen LogP contribution in [0.1, 0.15) is 37.8 Å². The van der Waals surface area contributed by atoms with E-state index in [1.165, 1.54) is 5.56 Å². The average Bonchev–Trinajstić information content (AvgIpc) is 2.53. The van der Waals surface area contributed by atoms with Crippen LogP contribution in [0.5, 0.6) is 0 Å². The van der Waals surface area contributed by atoms with Gasteiger partial charge in [-0.3, -0.25) is 0 Å². The number of nitrogens with one attached hydrogen (secondary N) is 1. The van der Waals surface area contributed by atoms with Crippen LogP contribution < -0.4 is 5.32 Å². The van der Waals surface area contributed by atoms with Crippen LogP contribution in [0.3, 0.4) is 0 Å². The highest BCUT2D eigenvalue weighted by atomic mass is 35.5. The molecule has 21 heavy (non-hydrogen) atoms. The van der Waals surface area contributed by atoms with Gasteiger partial charge in [-0.15, -0.1) is 0 Å². The Bertz CT molecular complexity index is 421. The maximum absolute atomic E-state index is 6.35. The van der Waals surface area contributed by atoms with Gasteiger partial charge in [0.05, 0.1) is 0 Å². The predicted molar refractivity (Wildman–Crippen MR) is 89.0 cm³/mol. The molecule has 1 heterocycles. The molecule has 1 atom stereocenters. The Balaban J connectivity index is 1.92. The van der Waals surface area contributed by atoms with E-state index in [1.807, 2.05) is 12.1 Å². The maximum Gasteiger partial charge on any atom is 0.0480 e. The first-order valence-corrected chi connectivity index (χ1v) is 8.36. The van der Waals surface area contributed by atoms with E-state index in [1.54, 1.807) is 0 Å². The molecule has 4 heteroatoms. The first kappa shape index (κ1) is 16.8. The zero-order valence-corrected chi connectivity index (χ0v) is 13.9. The van der Waals surface area contributed by atoms with Gasteiger partial charge in [0.15, 0.2) is 0 Å². The van der Waals surface area contributed by atoms with Gasteiger partial charge < -0.3 is 15.0 Å². The number of hydrogen-bond donors (Lipinski definition) is 1. The van der Waals surface area contributed by atoms with Crippen LogP contribution in [0.4, 0.5) is 0 Å². The lowest BCUT2D eigenvalue weighted by atomic mass is 10.0. The largest absolute Gasteiger partial charge is 0.381 e. The third-order valence-corrected chi connectivity index (χ3v) is 4.66. The van der Waals surface area contributed by atoms with Gasteiger partial charge in [-0.05, 0) is 51.0 Å². The summed E-state index contributed by atoms with van der Waals surface area (Å²) in [6.45, 7) is 5.97. The maximum atomic E-state index is 6.35. The fourth-order valence-electron chi connectivity index (χ4n) is 3.01. The van der Waals surface area contributed by atoms with E-state index < -0.39 is 0 Å². The molecule has 2 rings (SSSR count). The molecule has 0 bridgehead atoms. The molecule has 1 aromatic rings. The minimum Gasteiger partial charge on any atom is -0.381 e. The first-order valence-electron chi connectivity index (χ1n) is 7.98. The zero-order valence-electron chi connectivity index (χ0n) is 13.1. The SMILES string of the molecule is CCNC(CCN(C)C1CCOCC1)c1ccccc1Cl. The molecular weight excluding hydrogens is 284 g/mol. The number of halogens is 1. The Morgan fingerprint density at radius 2 is 2.05 bits per heavy atom. The van der Waals surface area contributed by atoms with Crippen LogP contribution >= 0.6 is 11.6 Å². The Morgan fingerprint density at radius 1 is 1.33 bits per heavy atom. The molecule has 1 saturated heterocycles. The number of nitrogens with zero attached hydrogens (tertiary/aromatic N) is 1. The fourth-order valence-corrected chi connectivity index (χ4v) is 3.28. The van der Waals surface area contributed by atoms with E-state index in [0.717, 1.165) is 50.6 Å². The van der Waals surface area contributed by atoms with Crippen molar-refractivity contribution in [3.63, 3.8) is 0 Å². The summed E-state index contributed by atoms with van der Waals surface area (Å²) in [5.41, 5.74) is 1.21. The normalized spacial score (nSPS) is 18.1. The second kappa shape index (κ2) is 8.74. The van der Waals surface area contributed by atoms with Gasteiger partial charge in [0, 0.05) is 30.3 Å². The molecule has 0 saturated carbocycles. The molecule has 3 nitrogen and oxygen atoms in total. The summed E-state index contributed by atoms with van der Waals surface area (Å²) < 4.78 is 5.44. The van der Waals surface area contributed by atoms with Crippen LogP contribution in [-0.4, -0.2) is 44.3 Å². The predicted octanol–water partition coefficient (Wildman–Crippen LogP) is 3.49. The minimum absolute atomic E-state index is 0.325. The quantitative estimate of drug-likeness (QED) is 0.834. The Kier molecular flexibility index (Phi) is 6.97. The number of rotatable bonds is 7. The highest BCUT2D eigenvalue weighted by molar-refractivity contribution is 6.31. The molecule has 0 amide bonds. The molecule has 0 radical (unpaired) electrons. The van der Waals surface area contributed by atoms with E-state index in [9.17, 15) is 0 Å². The van der Waals surface area contributed by atoms with Crippen molar-refractivity contribution in [3.8, 4) is 0 Å². The summed E-state index contributed by atoms with van der Waals surface area (Å²) in [6.07, 6.45) is 3.37. The van der Waals surface area contributed by atoms with Crippen LogP contribution in [0, 0.1) is 0 Å². The van der Waals surface area contributed by atoms with Crippen molar-refractivity contribution in [2.75, 3.05) is 33.4 Å². The van der Waals surface area contributed by atoms with Gasteiger partial charge in [0.25, 0.3) is 0 Å². The Labute approximate surface area is 133 Å². The molecule has 118 valence electrons. The van der Waals surface area contributed by atoms with Gasteiger partial charge in [-0.2, -0.15) is 0 Å². The van der Waals surface area contributed by atoms with Crippen LogP contribution in [0.25, 0.3) is 0 Å². The molecule has 0 spiro atoms. The monoisotopic (exact) mass is 310 g/mol. The second-order valence-electron chi connectivity index (χ2n) is 5.74. The lowest BCUT2D eigenvalue weighted by molar-refractivity contribution is 0.0419. The molecule has 1 aromatic carbocycles. The summed E-state index contributed by atoms with van der Waals surface area (Å²) in [4.78, 5) is 2.48. The smallest absolute Gasteiger partial charge is 0.0480 e. The average molecular weight is 311 g/mol. The highest BCUT2D eigenvalue weighted by Crippen LogP contribution is 2.25.